The van der Waals surface area contributed by atoms with Gasteiger partial charge in [0.1, 0.15) is 0 Å². The highest BCUT2D eigenvalue weighted by Crippen LogP contribution is 2.44. The van der Waals surface area contributed by atoms with Gasteiger partial charge < -0.3 is 14.8 Å². The summed E-state index contributed by atoms with van der Waals surface area (Å²) in [5.41, 5.74) is 17.2. The molecule has 0 bridgehead atoms. The summed E-state index contributed by atoms with van der Waals surface area (Å²) < 4.78 is 2.37. The Labute approximate surface area is 310 Å². The van der Waals surface area contributed by atoms with Crippen molar-refractivity contribution in [1.29, 1.82) is 0 Å². The number of nitrogens with one attached hydrogen (secondary N) is 1. The minimum atomic E-state index is 0.285. The Morgan fingerprint density at radius 3 is 2.32 bits per heavy atom. The molecule has 10 rings (SSSR count). The van der Waals surface area contributed by atoms with E-state index in [4.69, 9.17) is 0 Å². The molecule has 1 unspecified atom stereocenters. The monoisotopic (exact) mass is 681 g/mol. The SMILES string of the molecule is Cc1ccccc1N(C1=CC=CCC=C1)c1ccc(C2=CCC3Nc4cc(-c5ccc6c(c5)c5ccccc5n6-c5ccccc5)ccc4C3=C2)cc1. The summed E-state index contributed by atoms with van der Waals surface area (Å²) in [6.45, 7) is 2.18. The van der Waals surface area contributed by atoms with Gasteiger partial charge in [0.2, 0.25) is 0 Å². The molecule has 1 aromatic heterocycles. The highest BCUT2D eigenvalue weighted by Gasteiger charge is 2.29. The summed E-state index contributed by atoms with van der Waals surface area (Å²) in [5.74, 6) is 0. The lowest BCUT2D eigenvalue weighted by Gasteiger charge is -2.28. The van der Waals surface area contributed by atoms with E-state index in [-0.39, 0.29) is 6.04 Å². The third-order valence-electron chi connectivity index (χ3n) is 11.0. The van der Waals surface area contributed by atoms with Gasteiger partial charge in [-0.2, -0.15) is 0 Å². The predicted octanol–water partition coefficient (Wildman–Crippen LogP) is 13.0. The van der Waals surface area contributed by atoms with Crippen LogP contribution in [0.15, 0.2) is 188 Å². The third-order valence-corrected chi connectivity index (χ3v) is 11.0. The first-order valence-corrected chi connectivity index (χ1v) is 18.6. The number of aryl methyl sites for hydroxylation is 1. The number of para-hydroxylation sites is 3. The molecule has 0 radical (unpaired) electrons. The topological polar surface area (TPSA) is 20.2 Å². The molecule has 7 aromatic rings. The molecule has 0 saturated carbocycles. The summed E-state index contributed by atoms with van der Waals surface area (Å²) in [4.78, 5) is 2.36. The second kappa shape index (κ2) is 12.9. The Balaban J connectivity index is 0.958. The summed E-state index contributed by atoms with van der Waals surface area (Å²) in [5, 5.41) is 6.40. The Bertz CT molecular complexity index is 2700. The van der Waals surface area contributed by atoms with E-state index in [2.05, 4.69) is 204 Å². The number of fused-ring (bicyclic) bond motifs is 6. The number of nitrogens with zero attached hydrogens (tertiary/aromatic N) is 2. The van der Waals surface area contributed by atoms with Crippen molar-refractivity contribution in [1.82, 2.24) is 4.57 Å². The molecule has 6 aromatic carbocycles. The van der Waals surface area contributed by atoms with E-state index in [1.165, 1.54) is 77.8 Å². The van der Waals surface area contributed by atoms with E-state index in [1.54, 1.807) is 0 Å². The molecular weight excluding hydrogens is 643 g/mol. The number of rotatable bonds is 6. The van der Waals surface area contributed by atoms with Gasteiger partial charge in [-0.25, -0.2) is 0 Å². The lowest BCUT2D eigenvalue weighted by atomic mass is 9.89. The van der Waals surface area contributed by atoms with Crippen LogP contribution in [0, 0.1) is 6.92 Å². The first-order valence-electron chi connectivity index (χ1n) is 18.6. The Morgan fingerprint density at radius 1 is 0.679 bits per heavy atom. The average Bonchev–Trinajstić information content (AvgIpc) is 3.61. The van der Waals surface area contributed by atoms with Crippen molar-refractivity contribution >= 4 is 50.0 Å². The zero-order valence-electron chi connectivity index (χ0n) is 29.7. The minimum absolute atomic E-state index is 0.285. The fraction of sp³-hybridized carbons (Fsp3) is 0.0800. The molecular formula is C50H39N3. The van der Waals surface area contributed by atoms with Gasteiger partial charge in [0.05, 0.1) is 17.1 Å². The van der Waals surface area contributed by atoms with Crippen LogP contribution < -0.4 is 10.2 Å². The molecule has 0 spiro atoms. The van der Waals surface area contributed by atoms with Crippen LogP contribution in [0.4, 0.5) is 17.1 Å². The zero-order chi connectivity index (χ0) is 35.3. The molecule has 0 saturated heterocycles. The van der Waals surface area contributed by atoms with E-state index in [0.717, 1.165) is 24.2 Å². The number of allylic oxidation sites excluding steroid dienone is 7. The van der Waals surface area contributed by atoms with Gasteiger partial charge in [0.25, 0.3) is 0 Å². The summed E-state index contributed by atoms with van der Waals surface area (Å²) in [6, 6.07) is 51.2. The van der Waals surface area contributed by atoms with Crippen molar-refractivity contribution in [2.24, 2.45) is 0 Å². The number of anilines is 3. The molecule has 3 heteroatoms. The number of aromatic nitrogens is 1. The minimum Gasteiger partial charge on any atom is -0.377 e. The fourth-order valence-corrected chi connectivity index (χ4v) is 8.35. The Morgan fingerprint density at radius 2 is 1.43 bits per heavy atom. The summed E-state index contributed by atoms with van der Waals surface area (Å²) >= 11 is 0. The van der Waals surface area contributed by atoms with Crippen molar-refractivity contribution in [3.05, 3.63) is 204 Å². The number of hydrogen-bond acceptors (Lipinski definition) is 2. The standard InChI is InChI=1S/C50H39N3/c1-34-13-9-11-19-48(34)52(39-14-5-2-3-6-15-39)41-26-21-35(22-27-41)36-24-29-46-44(31-36)42-28-23-38(33-47(42)51-46)37-25-30-50-45(32-37)43-18-10-12-20-49(43)53(50)40-16-7-4-8-17-40/h2,4-28,30-33,46,51H,3,29H2,1H3. The van der Waals surface area contributed by atoms with Crippen LogP contribution in [0.5, 0.6) is 0 Å². The van der Waals surface area contributed by atoms with Gasteiger partial charge in [-0.15, -0.1) is 0 Å². The Hall–Kier alpha value is -6.58. The van der Waals surface area contributed by atoms with Crippen LogP contribution in [0.25, 0.3) is 49.8 Å². The Kier molecular flexibility index (Phi) is 7.58. The normalized spacial score (nSPS) is 16.0. The highest BCUT2D eigenvalue weighted by atomic mass is 15.1. The summed E-state index contributed by atoms with van der Waals surface area (Å²) in [7, 11) is 0. The van der Waals surface area contributed by atoms with Crippen LogP contribution in [0.1, 0.15) is 29.5 Å². The maximum Gasteiger partial charge on any atom is 0.0555 e. The maximum absolute atomic E-state index is 3.86. The van der Waals surface area contributed by atoms with E-state index in [0.29, 0.717) is 0 Å². The van der Waals surface area contributed by atoms with Crippen molar-refractivity contribution < 1.29 is 0 Å². The lowest BCUT2D eigenvalue weighted by Crippen LogP contribution is -2.16. The van der Waals surface area contributed by atoms with E-state index in [1.807, 2.05) is 0 Å². The fourth-order valence-electron chi connectivity index (χ4n) is 8.35. The van der Waals surface area contributed by atoms with Gasteiger partial charge in [-0.1, -0.05) is 109 Å². The van der Waals surface area contributed by atoms with Crippen LogP contribution in [-0.4, -0.2) is 10.6 Å². The molecule has 0 fully saturated rings. The van der Waals surface area contributed by atoms with Crippen LogP contribution >= 0.6 is 0 Å². The molecule has 254 valence electrons. The third kappa shape index (κ3) is 5.44. The van der Waals surface area contributed by atoms with Gasteiger partial charge in [0, 0.05) is 44.8 Å². The molecule has 3 aliphatic rings. The predicted molar refractivity (Wildman–Crippen MR) is 225 cm³/mol. The molecule has 1 atom stereocenters. The van der Waals surface area contributed by atoms with E-state index < -0.39 is 0 Å². The highest BCUT2D eigenvalue weighted by molar-refractivity contribution is 6.10. The first-order chi connectivity index (χ1) is 26.2. The van der Waals surface area contributed by atoms with Crippen molar-refractivity contribution in [3.8, 4) is 16.8 Å². The molecule has 2 heterocycles. The van der Waals surface area contributed by atoms with Crippen LogP contribution in [0.3, 0.4) is 0 Å². The molecule has 53 heavy (non-hydrogen) atoms. The van der Waals surface area contributed by atoms with Crippen LogP contribution in [0.2, 0.25) is 0 Å². The second-order valence-electron chi connectivity index (χ2n) is 14.2. The largest absolute Gasteiger partial charge is 0.377 e. The molecule has 1 aliphatic heterocycles. The molecule has 3 nitrogen and oxygen atoms in total. The smallest absolute Gasteiger partial charge is 0.0555 e. The maximum atomic E-state index is 3.86. The van der Waals surface area contributed by atoms with Crippen molar-refractivity contribution in [2.45, 2.75) is 25.8 Å². The van der Waals surface area contributed by atoms with Gasteiger partial charge in [-0.3, -0.25) is 0 Å². The quantitative estimate of drug-likeness (QED) is 0.189. The second-order valence-corrected chi connectivity index (χ2v) is 14.2. The first kappa shape index (κ1) is 31.2. The number of hydrogen-bond donors (Lipinski definition) is 1. The van der Waals surface area contributed by atoms with E-state index in [9.17, 15) is 0 Å². The van der Waals surface area contributed by atoms with Gasteiger partial charge >= 0.3 is 0 Å². The van der Waals surface area contributed by atoms with Crippen LogP contribution in [-0.2, 0) is 0 Å². The van der Waals surface area contributed by atoms with E-state index >= 15 is 0 Å². The van der Waals surface area contributed by atoms with Crippen molar-refractivity contribution in [3.63, 3.8) is 0 Å². The average molecular weight is 682 g/mol. The van der Waals surface area contributed by atoms with Gasteiger partial charge in [0.15, 0.2) is 0 Å². The summed E-state index contributed by atoms with van der Waals surface area (Å²) in [6.07, 6.45) is 17.7. The van der Waals surface area contributed by atoms with Crippen molar-refractivity contribution in [2.75, 3.05) is 10.2 Å². The lowest BCUT2D eigenvalue weighted by molar-refractivity contribution is 0.931. The molecule has 0 amide bonds. The zero-order valence-corrected chi connectivity index (χ0v) is 29.7. The molecule has 1 N–H and O–H groups in total. The van der Waals surface area contributed by atoms with Gasteiger partial charge in [-0.05, 0) is 126 Å². The molecule has 2 aliphatic carbocycles. The number of benzene rings is 6.